The second-order valence-electron chi connectivity index (χ2n) is 1.53. The molecule has 0 saturated carbocycles. The fourth-order valence-electron chi connectivity index (χ4n) is 0.521. The van der Waals surface area contributed by atoms with Crippen LogP contribution < -0.4 is 0 Å². The minimum atomic E-state index is 0.826. The molecule has 0 fully saturated rings. The second-order valence-corrected chi connectivity index (χ2v) is 14.2. The van der Waals surface area contributed by atoms with Crippen LogP contribution in [0.15, 0.2) is 30.3 Å². The van der Waals surface area contributed by atoms with Crippen LogP contribution in [0.5, 0.6) is 0 Å². The Hall–Kier alpha value is 1.76. The summed E-state index contributed by atoms with van der Waals surface area (Å²) in [7, 11) is 0. The standard InChI is InChI=1S/C8H5.2HI.Yb/c1-2-8-6-4-3-5-7-8;;;/h3-7H;2*1H;/q-1;;;+2/p-2. The molecule has 3 heteroatoms. The van der Waals surface area contributed by atoms with E-state index in [9.17, 15) is 0 Å². The SMILES string of the molecule is [C-]#Cc1ccccc1.[I][Yb][I]. The van der Waals surface area contributed by atoms with E-state index in [1.54, 1.807) is 0 Å². The number of rotatable bonds is 0. The van der Waals surface area contributed by atoms with Crippen molar-refractivity contribution in [3.63, 3.8) is 0 Å². The molecule has 0 saturated heterocycles. The number of hydrogen-bond acceptors (Lipinski definition) is 0. The van der Waals surface area contributed by atoms with Gasteiger partial charge in [0, 0.05) is 0 Å². The van der Waals surface area contributed by atoms with Crippen molar-refractivity contribution in [2.45, 2.75) is 0 Å². The molecular weight excluding hydrogens is 523 g/mol. The summed E-state index contributed by atoms with van der Waals surface area (Å²) in [6.45, 7) is 0. The molecule has 1 rings (SSSR count). The van der Waals surface area contributed by atoms with Crippen molar-refractivity contribution in [3.05, 3.63) is 42.3 Å². The molecule has 11 heavy (non-hydrogen) atoms. The van der Waals surface area contributed by atoms with Crippen LogP contribution in [0.3, 0.4) is 0 Å². The van der Waals surface area contributed by atoms with Gasteiger partial charge < -0.3 is 6.42 Å². The Bertz CT molecular complexity index is 215. The minimum absolute atomic E-state index is 0.826. The molecule has 0 atom stereocenters. The zero-order chi connectivity index (χ0) is 8.53. The molecule has 0 aliphatic carbocycles. The molecule has 0 radical (unpaired) electrons. The second kappa shape index (κ2) is 9.84. The first kappa shape index (κ1) is 12.8. The van der Waals surface area contributed by atoms with Gasteiger partial charge in [-0.3, -0.25) is 5.92 Å². The van der Waals surface area contributed by atoms with Gasteiger partial charge in [0.2, 0.25) is 0 Å². The average molecular weight is 528 g/mol. The van der Waals surface area contributed by atoms with E-state index in [4.69, 9.17) is 6.42 Å². The van der Waals surface area contributed by atoms with E-state index in [2.05, 4.69) is 30.9 Å². The normalized spacial score (nSPS) is 7.73. The molecule has 66 valence electrons. The van der Waals surface area contributed by atoms with Crippen LogP contribution in [-0.2, 0) is 0 Å². The van der Waals surface area contributed by atoms with Crippen molar-refractivity contribution >= 4 is 25.0 Å². The van der Waals surface area contributed by atoms with Gasteiger partial charge in [0.1, 0.15) is 0 Å². The zero-order valence-electron chi connectivity index (χ0n) is 5.41. The van der Waals surface area contributed by atoms with E-state index < -0.39 is 0 Å². The van der Waals surface area contributed by atoms with Gasteiger partial charge in [-0.2, -0.15) is 0 Å². The van der Waals surface area contributed by atoms with E-state index in [1.807, 2.05) is 30.3 Å². The summed E-state index contributed by atoms with van der Waals surface area (Å²) in [6.07, 6.45) is 6.69. The Morgan fingerprint density at radius 1 is 1.18 bits per heavy atom. The monoisotopic (exact) mass is 529 g/mol. The zero-order valence-corrected chi connectivity index (χ0v) is 11.4. The van der Waals surface area contributed by atoms with Crippen LogP contribution in [0.1, 0.15) is 5.56 Å². The predicted octanol–water partition coefficient (Wildman–Crippen LogP) is 3.40. The van der Waals surface area contributed by atoms with E-state index in [1.165, 1.54) is 0 Å². The molecule has 0 amide bonds. The molecule has 0 heterocycles. The van der Waals surface area contributed by atoms with Gasteiger partial charge in [0.15, 0.2) is 0 Å². The van der Waals surface area contributed by atoms with Gasteiger partial charge in [-0.1, -0.05) is 18.2 Å². The summed E-state index contributed by atoms with van der Waals surface area (Å²) in [5, 5.41) is 0. The number of benzene rings is 1. The van der Waals surface area contributed by atoms with Crippen LogP contribution >= 0.6 is 25.0 Å². The molecule has 0 aliphatic heterocycles. The third-order valence-corrected chi connectivity index (χ3v) is 0.918. The van der Waals surface area contributed by atoms with Gasteiger partial charge >= 0.3 is 55.5 Å². The van der Waals surface area contributed by atoms with Gasteiger partial charge in [-0.05, 0) is 0 Å². The Labute approximate surface area is 101 Å². The van der Waals surface area contributed by atoms with E-state index >= 15 is 0 Å². The van der Waals surface area contributed by atoms with E-state index in [-0.39, 0.29) is 0 Å². The first-order valence-electron chi connectivity index (χ1n) is 2.61. The average Bonchev–Trinajstić information content (AvgIpc) is 2.08. The van der Waals surface area contributed by atoms with Crippen molar-refractivity contribution in [1.29, 1.82) is 0 Å². The number of hydrogen-bond donors (Lipinski definition) is 0. The Kier molecular flexibility index (Phi) is 11.4. The first-order chi connectivity index (χ1) is 5.35. The van der Waals surface area contributed by atoms with E-state index in [0.29, 0.717) is 0 Å². The van der Waals surface area contributed by atoms with Crippen LogP contribution in [0.4, 0.5) is 0 Å². The topological polar surface area (TPSA) is 0 Å². The summed E-state index contributed by atoms with van der Waals surface area (Å²) < 4.78 is 0. The molecular formula is C8H5I2Yb-. The van der Waals surface area contributed by atoms with Crippen LogP contribution in [0, 0.1) is 42.9 Å². The van der Waals surface area contributed by atoms with Crippen molar-refractivity contribution in [3.8, 4) is 5.92 Å². The van der Waals surface area contributed by atoms with Gasteiger partial charge in [0.05, 0.1) is 0 Å². The quantitative estimate of drug-likeness (QED) is 0.276. The molecule has 0 spiro atoms. The Morgan fingerprint density at radius 3 is 1.91 bits per heavy atom. The van der Waals surface area contributed by atoms with Gasteiger partial charge in [0.25, 0.3) is 0 Å². The molecule has 0 bridgehead atoms. The maximum absolute atomic E-state index is 6.69. The van der Waals surface area contributed by atoms with Crippen molar-refractivity contribution in [1.82, 2.24) is 0 Å². The maximum atomic E-state index is 6.69. The summed E-state index contributed by atoms with van der Waals surface area (Å²) in [4.78, 5) is 0. The Balaban J connectivity index is 0.000000292. The van der Waals surface area contributed by atoms with Crippen LogP contribution in [0.2, 0.25) is 0 Å². The molecule has 1 aromatic carbocycles. The molecule has 0 aromatic heterocycles. The third-order valence-electron chi connectivity index (χ3n) is 0.918. The first-order valence-corrected chi connectivity index (χ1v) is 12.5. The summed E-state index contributed by atoms with van der Waals surface area (Å²) in [6, 6.07) is 9.37. The summed E-state index contributed by atoms with van der Waals surface area (Å²) in [5.41, 5.74) is 0.826. The summed E-state index contributed by atoms with van der Waals surface area (Å²) in [5.74, 6) is 2.28. The van der Waals surface area contributed by atoms with Crippen molar-refractivity contribution in [2.75, 3.05) is 0 Å². The Morgan fingerprint density at radius 2 is 1.64 bits per heavy atom. The van der Waals surface area contributed by atoms with Crippen LogP contribution in [-0.4, -0.2) is 0 Å². The molecule has 0 unspecified atom stereocenters. The van der Waals surface area contributed by atoms with Crippen molar-refractivity contribution < 1.29 is 30.5 Å². The molecule has 0 N–H and O–H groups in total. The fourth-order valence-corrected chi connectivity index (χ4v) is 0.521. The van der Waals surface area contributed by atoms with Gasteiger partial charge in [-0.25, -0.2) is 0 Å². The van der Waals surface area contributed by atoms with Crippen LogP contribution in [0.25, 0.3) is 0 Å². The van der Waals surface area contributed by atoms with Gasteiger partial charge in [-0.15, -0.1) is 17.7 Å². The molecule has 1 aromatic rings. The molecule has 0 aliphatic rings. The molecule has 0 nitrogen and oxygen atoms in total. The fraction of sp³-hybridized carbons (Fsp3) is 0. The van der Waals surface area contributed by atoms with Crippen molar-refractivity contribution in [2.24, 2.45) is 0 Å². The number of halogens is 2. The predicted molar refractivity (Wildman–Crippen MR) is 60.7 cm³/mol. The summed E-state index contributed by atoms with van der Waals surface area (Å²) >= 11 is 5.52. The van der Waals surface area contributed by atoms with E-state index in [0.717, 1.165) is 36.1 Å². The third kappa shape index (κ3) is 8.10.